The Bertz CT molecular complexity index is 712. The number of alkyl halides is 3. The largest absolute Gasteiger partial charge is 0.482 e. The monoisotopic (exact) mass is 471 g/mol. The number of halogens is 5. The average molecular weight is 473 g/mol. The summed E-state index contributed by atoms with van der Waals surface area (Å²) in [5.74, 6) is -0.451. The van der Waals surface area contributed by atoms with Gasteiger partial charge in [0.2, 0.25) is 0 Å². The Hall–Kier alpha value is -1.06. The van der Waals surface area contributed by atoms with Crippen LogP contribution in [-0.2, 0) is 0 Å². The molecule has 2 rings (SSSR count). The fourth-order valence-electron chi connectivity index (χ4n) is 1.65. The maximum Gasteiger partial charge on any atom is 0.422 e. The van der Waals surface area contributed by atoms with Crippen molar-refractivity contribution >= 4 is 54.8 Å². The third-order valence-corrected chi connectivity index (χ3v) is 5.90. The Balaban J connectivity index is 2.20. The summed E-state index contributed by atoms with van der Waals surface area (Å²) in [7, 11) is 0. The van der Waals surface area contributed by atoms with Gasteiger partial charge in [-0.1, -0.05) is 6.07 Å². The summed E-state index contributed by atoms with van der Waals surface area (Å²) >= 11 is 7.76. The zero-order chi connectivity index (χ0) is 17.2. The van der Waals surface area contributed by atoms with E-state index in [0.717, 1.165) is 13.8 Å². The maximum absolute atomic E-state index is 12.3. The lowest BCUT2D eigenvalue weighted by Gasteiger charge is -2.14. The van der Waals surface area contributed by atoms with Crippen molar-refractivity contribution in [2.45, 2.75) is 13.1 Å². The smallest absolute Gasteiger partial charge is 0.422 e. The van der Waals surface area contributed by atoms with Crippen LogP contribution in [0.4, 0.5) is 18.9 Å². The summed E-state index contributed by atoms with van der Waals surface area (Å²) in [5, 5.41) is 2.57. The second kappa shape index (κ2) is 7.23. The van der Waals surface area contributed by atoms with Gasteiger partial charge < -0.3 is 10.1 Å². The minimum absolute atomic E-state index is 0.0228. The Labute approximate surface area is 151 Å². The molecule has 23 heavy (non-hydrogen) atoms. The Morgan fingerprint density at radius 3 is 2.57 bits per heavy atom. The normalized spacial score (nSPS) is 11.4. The van der Waals surface area contributed by atoms with E-state index in [4.69, 9.17) is 4.74 Å². The van der Waals surface area contributed by atoms with Crippen LogP contribution in [0.15, 0.2) is 32.5 Å². The van der Waals surface area contributed by atoms with Crippen molar-refractivity contribution < 1.29 is 22.7 Å². The molecule has 1 amide bonds. The van der Waals surface area contributed by atoms with Crippen LogP contribution in [-0.4, -0.2) is 18.7 Å². The second-order valence-electron chi connectivity index (χ2n) is 4.59. The molecule has 0 fully saturated rings. The molecular weight excluding hydrogens is 463 g/mol. The predicted molar refractivity (Wildman–Crippen MR) is 90.4 cm³/mol. The summed E-state index contributed by atoms with van der Waals surface area (Å²) in [6.45, 7) is 0.301. The molecule has 1 N–H and O–H groups in total. The number of thiophene rings is 1. The Morgan fingerprint density at radius 2 is 2.00 bits per heavy atom. The molecule has 1 aromatic heterocycles. The van der Waals surface area contributed by atoms with Crippen molar-refractivity contribution in [1.29, 1.82) is 0 Å². The zero-order valence-corrected chi connectivity index (χ0v) is 15.6. The third kappa shape index (κ3) is 5.22. The van der Waals surface area contributed by atoms with Gasteiger partial charge in [0.1, 0.15) is 5.75 Å². The molecule has 0 atom stereocenters. The number of amides is 1. The summed E-state index contributed by atoms with van der Waals surface area (Å²) < 4.78 is 43.3. The van der Waals surface area contributed by atoms with Crippen molar-refractivity contribution in [3.05, 3.63) is 43.0 Å². The van der Waals surface area contributed by atoms with E-state index in [0.29, 0.717) is 4.88 Å². The minimum Gasteiger partial charge on any atom is -0.482 e. The van der Waals surface area contributed by atoms with Crippen molar-refractivity contribution in [3.63, 3.8) is 0 Å². The quantitative estimate of drug-likeness (QED) is 0.612. The number of ether oxygens (including phenoxy) is 1. The van der Waals surface area contributed by atoms with Gasteiger partial charge in [-0.2, -0.15) is 13.2 Å². The summed E-state index contributed by atoms with van der Waals surface area (Å²) in [6, 6.07) is 6.25. The van der Waals surface area contributed by atoms with E-state index in [1.807, 2.05) is 0 Å². The summed E-state index contributed by atoms with van der Waals surface area (Å²) in [5.41, 5.74) is 0.910. The van der Waals surface area contributed by atoms with Crippen molar-refractivity contribution in [2.75, 3.05) is 11.9 Å². The lowest BCUT2D eigenvalue weighted by atomic mass is 10.2. The van der Waals surface area contributed by atoms with Crippen molar-refractivity contribution in [1.82, 2.24) is 0 Å². The number of nitrogens with one attached hydrogen (secondary N) is 1. The van der Waals surface area contributed by atoms with Gasteiger partial charge in [-0.05, 0) is 62.5 Å². The second-order valence-corrected chi connectivity index (χ2v) is 7.81. The van der Waals surface area contributed by atoms with Crippen LogP contribution in [0.2, 0.25) is 0 Å². The number of benzene rings is 1. The first kappa shape index (κ1) is 18.3. The van der Waals surface area contributed by atoms with E-state index in [1.54, 1.807) is 19.1 Å². The van der Waals surface area contributed by atoms with E-state index in [2.05, 4.69) is 37.2 Å². The first-order chi connectivity index (χ1) is 10.7. The van der Waals surface area contributed by atoms with E-state index >= 15 is 0 Å². The molecule has 0 bridgehead atoms. The summed E-state index contributed by atoms with van der Waals surface area (Å²) in [6.07, 6.45) is -4.45. The predicted octanol–water partition coefficient (Wildman–Crippen LogP) is 5.77. The van der Waals surface area contributed by atoms with Gasteiger partial charge in [0.25, 0.3) is 5.91 Å². The molecule has 1 heterocycles. The van der Waals surface area contributed by atoms with Gasteiger partial charge in [0.15, 0.2) is 6.61 Å². The van der Waals surface area contributed by atoms with Crippen LogP contribution in [0, 0.1) is 6.92 Å². The third-order valence-electron chi connectivity index (χ3n) is 2.65. The number of hydrogen-bond acceptors (Lipinski definition) is 3. The van der Waals surface area contributed by atoms with Crippen LogP contribution in [0.5, 0.6) is 5.75 Å². The number of anilines is 1. The van der Waals surface area contributed by atoms with E-state index < -0.39 is 18.7 Å². The Kier molecular flexibility index (Phi) is 5.74. The molecule has 0 radical (unpaired) electrons. The molecule has 0 saturated carbocycles. The number of rotatable bonds is 4. The van der Waals surface area contributed by atoms with E-state index in [-0.39, 0.29) is 11.4 Å². The first-order valence-corrected chi connectivity index (χ1v) is 8.62. The number of carbonyl (C=O) groups is 1. The molecule has 3 nitrogen and oxygen atoms in total. The molecule has 0 saturated heterocycles. The van der Waals surface area contributed by atoms with Gasteiger partial charge in [0, 0.05) is 4.47 Å². The lowest BCUT2D eigenvalue weighted by Crippen LogP contribution is -2.20. The van der Waals surface area contributed by atoms with Gasteiger partial charge in [-0.15, -0.1) is 11.3 Å². The Morgan fingerprint density at radius 1 is 1.30 bits per heavy atom. The lowest BCUT2D eigenvalue weighted by molar-refractivity contribution is -0.153. The number of hydrogen-bond donors (Lipinski definition) is 1. The molecule has 2 aromatic rings. The van der Waals surface area contributed by atoms with Crippen molar-refractivity contribution in [3.8, 4) is 5.75 Å². The number of carbonyl (C=O) groups excluding carboxylic acids is 1. The fourth-order valence-corrected chi connectivity index (χ4v) is 3.59. The van der Waals surface area contributed by atoms with Crippen molar-refractivity contribution in [2.24, 2.45) is 0 Å². The number of aryl methyl sites for hydroxylation is 1. The zero-order valence-electron chi connectivity index (χ0n) is 11.6. The molecule has 1 aromatic carbocycles. The topological polar surface area (TPSA) is 38.3 Å². The minimum atomic E-state index is -4.45. The highest BCUT2D eigenvalue weighted by molar-refractivity contribution is 9.13. The van der Waals surface area contributed by atoms with Gasteiger partial charge in [-0.25, -0.2) is 0 Å². The van der Waals surface area contributed by atoms with E-state index in [1.165, 1.54) is 23.5 Å². The van der Waals surface area contributed by atoms with Crippen LogP contribution in [0.25, 0.3) is 0 Å². The average Bonchev–Trinajstić information content (AvgIpc) is 2.78. The molecule has 0 aliphatic carbocycles. The highest BCUT2D eigenvalue weighted by Gasteiger charge is 2.29. The van der Waals surface area contributed by atoms with Gasteiger partial charge >= 0.3 is 6.18 Å². The molecule has 0 unspecified atom stereocenters. The molecule has 9 heteroatoms. The SMILES string of the molecule is Cc1ccc(NC(=O)c2cc(Br)c(Br)s2)c(OCC(F)(F)F)c1. The molecule has 124 valence electrons. The van der Waals surface area contributed by atoms with Crippen LogP contribution >= 0.6 is 43.2 Å². The van der Waals surface area contributed by atoms with E-state index in [9.17, 15) is 18.0 Å². The first-order valence-electron chi connectivity index (χ1n) is 6.22. The fraction of sp³-hybridized carbons (Fsp3) is 0.214. The molecule has 0 aliphatic rings. The highest BCUT2D eigenvalue weighted by Crippen LogP contribution is 2.34. The maximum atomic E-state index is 12.3. The van der Waals surface area contributed by atoms with Crippen LogP contribution < -0.4 is 10.1 Å². The summed E-state index contributed by atoms with van der Waals surface area (Å²) in [4.78, 5) is 12.6. The van der Waals surface area contributed by atoms with Gasteiger partial charge in [-0.3, -0.25) is 4.79 Å². The van der Waals surface area contributed by atoms with Gasteiger partial charge in [0.05, 0.1) is 14.4 Å². The standard InChI is InChI=1S/C14H10Br2F3NO2S/c1-7-2-3-9(10(4-7)22-6-14(17,18)19)20-13(21)11-5-8(15)12(16)23-11/h2-5H,6H2,1H3,(H,20,21). The molecule has 0 aliphatic heterocycles. The molecular formula is C14H10Br2F3NO2S. The van der Waals surface area contributed by atoms with Crippen LogP contribution in [0.3, 0.4) is 0 Å². The highest BCUT2D eigenvalue weighted by atomic mass is 79.9. The molecule has 0 spiro atoms. The van der Waals surface area contributed by atoms with Crippen LogP contribution in [0.1, 0.15) is 15.2 Å².